The number of benzene rings is 1. The number of rotatable bonds is 6. The Labute approximate surface area is 106 Å². The molecule has 1 aromatic carbocycles. The fourth-order valence-electron chi connectivity index (χ4n) is 1.89. The fourth-order valence-corrected chi connectivity index (χ4v) is 1.89. The number of aryl methyl sites for hydroxylation is 3. The molecule has 18 heavy (non-hydrogen) atoms. The van der Waals surface area contributed by atoms with Gasteiger partial charge in [-0.25, -0.2) is 4.79 Å². The molecule has 0 amide bonds. The molecule has 4 nitrogen and oxygen atoms in total. The normalized spacial score (nSPS) is 10.7. The molecule has 0 radical (unpaired) electrons. The summed E-state index contributed by atoms with van der Waals surface area (Å²) in [5.41, 5.74) is 1.30. The van der Waals surface area contributed by atoms with E-state index < -0.39 is 0 Å². The summed E-state index contributed by atoms with van der Waals surface area (Å²) in [5.74, 6) is 0.205. The van der Waals surface area contributed by atoms with Gasteiger partial charge in [-0.05, 0) is 24.8 Å². The molecule has 0 unspecified atom stereocenters. The van der Waals surface area contributed by atoms with Crippen LogP contribution in [0.15, 0.2) is 39.5 Å². The molecule has 0 fully saturated rings. The molecule has 0 spiro atoms. The maximum absolute atomic E-state index is 11.4. The van der Waals surface area contributed by atoms with Crippen molar-refractivity contribution in [2.75, 3.05) is 0 Å². The van der Waals surface area contributed by atoms with Crippen LogP contribution in [0.25, 0.3) is 0 Å². The van der Waals surface area contributed by atoms with Crippen LogP contribution in [-0.4, -0.2) is 9.78 Å². The second-order valence-electron chi connectivity index (χ2n) is 4.32. The lowest BCUT2D eigenvalue weighted by molar-refractivity contribution is 0.440. The molecule has 2 rings (SSSR count). The molecule has 4 heteroatoms. The zero-order valence-corrected chi connectivity index (χ0v) is 10.6. The van der Waals surface area contributed by atoms with E-state index in [1.165, 1.54) is 10.2 Å². The van der Waals surface area contributed by atoms with Gasteiger partial charge in [0.1, 0.15) is 0 Å². The largest absolute Gasteiger partial charge is 0.437 e. The number of nitrogens with zero attached hydrogens (tertiary/aromatic N) is 2. The Morgan fingerprint density at radius 3 is 2.72 bits per heavy atom. The summed E-state index contributed by atoms with van der Waals surface area (Å²) in [6.45, 7) is 2.64. The Morgan fingerprint density at radius 2 is 2.00 bits per heavy atom. The van der Waals surface area contributed by atoms with Gasteiger partial charge in [0.25, 0.3) is 0 Å². The molecule has 0 aliphatic carbocycles. The molecular formula is C14H18N2O2. The van der Waals surface area contributed by atoms with Crippen LogP contribution in [0.5, 0.6) is 0 Å². The van der Waals surface area contributed by atoms with Crippen molar-refractivity contribution in [3.05, 3.63) is 52.3 Å². The number of hydrogen-bond donors (Lipinski definition) is 0. The maximum Gasteiger partial charge on any atom is 0.437 e. The van der Waals surface area contributed by atoms with Crippen LogP contribution in [0.3, 0.4) is 0 Å². The molecule has 0 saturated carbocycles. The monoisotopic (exact) mass is 246 g/mol. The summed E-state index contributed by atoms with van der Waals surface area (Å²) >= 11 is 0. The summed E-state index contributed by atoms with van der Waals surface area (Å²) < 4.78 is 6.50. The van der Waals surface area contributed by atoms with Crippen molar-refractivity contribution in [3.63, 3.8) is 0 Å². The predicted octanol–water partition coefficient (Wildman–Crippen LogP) is 2.42. The molecular weight excluding hydrogens is 228 g/mol. The van der Waals surface area contributed by atoms with E-state index in [-0.39, 0.29) is 5.76 Å². The highest BCUT2D eigenvalue weighted by molar-refractivity contribution is 5.14. The molecule has 0 atom stereocenters. The van der Waals surface area contributed by atoms with Crippen LogP contribution in [-0.2, 0) is 19.4 Å². The van der Waals surface area contributed by atoms with Crippen LogP contribution in [0.2, 0.25) is 0 Å². The van der Waals surface area contributed by atoms with Crippen LogP contribution in [0.1, 0.15) is 31.2 Å². The molecule has 2 aromatic rings. The SMILES string of the molecule is CCCn1nc(CCCc2ccccc2)oc1=O. The summed E-state index contributed by atoms with van der Waals surface area (Å²) in [4.78, 5) is 11.4. The van der Waals surface area contributed by atoms with Gasteiger partial charge in [0.15, 0.2) is 0 Å². The summed E-state index contributed by atoms with van der Waals surface area (Å²) in [6, 6.07) is 10.3. The summed E-state index contributed by atoms with van der Waals surface area (Å²) in [5, 5.41) is 4.17. The number of hydrogen-bond acceptors (Lipinski definition) is 3. The van der Waals surface area contributed by atoms with Gasteiger partial charge < -0.3 is 4.42 Å². The van der Waals surface area contributed by atoms with Gasteiger partial charge in [-0.2, -0.15) is 4.68 Å². The fraction of sp³-hybridized carbons (Fsp3) is 0.429. The van der Waals surface area contributed by atoms with Gasteiger partial charge in [0.2, 0.25) is 5.89 Å². The van der Waals surface area contributed by atoms with E-state index in [0.29, 0.717) is 18.9 Å². The van der Waals surface area contributed by atoms with E-state index in [0.717, 1.165) is 19.3 Å². The Balaban J connectivity index is 1.87. The van der Waals surface area contributed by atoms with Crippen molar-refractivity contribution in [3.8, 4) is 0 Å². The predicted molar refractivity (Wildman–Crippen MR) is 69.5 cm³/mol. The first-order valence-corrected chi connectivity index (χ1v) is 6.40. The van der Waals surface area contributed by atoms with E-state index in [1.54, 1.807) is 0 Å². The summed E-state index contributed by atoms with van der Waals surface area (Å²) in [7, 11) is 0. The zero-order chi connectivity index (χ0) is 12.8. The van der Waals surface area contributed by atoms with Crippen LogP contribution < -0.4 is 5.76 Å². The molecule has 0 saturated heterocycles. The second-order valence-corrected chi connectivity index (χ2v) is 4.32. The Hall–Kier alpha value is -1.84. The lowest BCUT2D eigenvalue weighted by Gasteiger charge is -1.98. The quantitative estimate of drug-likeness (QED) is 0.786. The lowest BCUT2D eigenvalue weighted by Crippen LogP contribution is -2.15. The van der Waals surface area contributed by atoms with E-state index in [2.05, 4.69) is 17.2 Å². The van der Waals surface area contributed by atoms with Crippen LogP contribution in [0, 0.1) is 0 Å². The average molecular weight is 246 g/mol. The van der Waals surface area contributed by atoms with Gasteiger partial charge in [0, 0.05) is 13.0 Å². The molecule has 0 aliphatic rings. The molecule has 0 bridgehead atoms. The maximum atomic E-state index is 11.4. The molecule has 0 aliphatic heterocycles. The highest BCUT2D eigenvalue weighted by Gasteiger charge is 2.06. The topological polar surface area (TPSA) is 48.0 Å². The van der Waals surface area contributed by atoms with Gasteiger partial charge in [0.05, 0.1) is 0 Å². The van der Waals surface area contributed by atoms with Gasteiger partial charge in [-0.3, -0.25) is 0 Å². The third-order valence-corrected chi connectivity index (χ3v) is 2.78. The smallest absolute Gasteiger partial charge is 0.392 e. The first kappa shape index (κ1) is 12.6. The van der Waals surface area contributed by atoms with Gasteiger partial charge in [-0.15, -0.1) is 5.10 Å². The molecule has 96 valence electrons. The van der Waals surface area contributed by atoms with Crippen LogP contribution in [0.4, 0.5) is 0 Å². The Bertz CT molecular complexity index is 528. The molecule has 1 aromatic heterocycles. The van der Waals surface area contributed by atoms with Gasteiger partial charge in [-0.1, -0.05) is 37.3 Å². The van der Waals surface area contributed by atoms with Gasteiger partial charge >= 0.3 is 5.76 Å². The molecule has 1 heterocycles. The second kappa shape index (κ2) is 6.19. The minimum atomic E-state index is -0.341. The van der Waals surface area contributed by atoms with Crippen molar-refractivity contribution in [1.82, 2.24) is 9.78 Å². The minimum Gasteiger partial charge on any atom is -0.392 e. The highest BCUT2D eigenvalue weighted by Crippen LogP contribution is 2.05. The van der Waals surface area contributed by atoms with Crippen molar-refractivity contribution in [1.29, 1.82) is 0 Å². The third-order valence-electron chi connectivity index (χ3n) is 2.78. The first-order chi connectivity index (χ1) is 8.79. The first-order valence-electron chi connectivity index (χ1n) is 6.40. The zero-order valence-electron chi connectivity index (χ0n) is 10.6. The highest BCUT2D eigenvalue weighted by atomic mass is 16.4. The Morgan fingerprint density at radius 1 is 1.22 bits per heavy atom. The van der Waals surface area contributed by atoms with Crippen molar-refractivity contribution in [2.45, 2.75) is 39.2 Å². The Kier molecular flexibility index (Phi) is 4.34. The van der Waals surface area contributed by atoms with Crippen LogP contribution >= 0.6 is 0 Å². The van der Waals surface area contributed by atoms with Crippen molar-refractivity contribution in [2.24, 2.45) is 0 Å². The van der Waals surface area contributed by atoms with E-state index in [4.69, 9.17) is 4.42 Å². The standard InChI is InChI=1S/C14H18N2O2/c1-2-11-16-14(17)18-13(15-16)10-6-9-12-7-4-3-5-8-12/h3-5,7-8H,2,6,9-11H2,1H3. The number of aromatic nitrogens is 2. The average Bonchev–Trinajstić information content (AvgIpc) is 2.72. The van der Waals surface area contributed by atoms with E-state index in [9.17, 15) is 4.79 Å². The minimum absolute atomic E-state index is 0.341. The van der Waals surface area contributed by atoms with E-state index in [1.807, 2.05) is 25.1 Å². The summed E-state index contributed by atoms with van der Waals surface area (Å²) in [6.07, 6.45) is 3.51. The lowest BCUT2D eigenvalue weighted by atomic mass is 10.1. The van der Waals surface area contributed by atoms with Crippen molar-refractivity contribution < 1.29 is 4.42 Å². The molecule has 0 N–H and O–H groups in total. The van der Waals surface area contributed by atoms with E-state index >= 15 is 0 Å². The van der Waals surface area contributed by atoms with Crippen molar-refractivity contribution >= 4 is 0 Å². The third kappa shape index (κ3) is 3.32.